The Hall–Kier alpha value is -1.10. The third-order valence-corrected chi connectivity index (χ3v) is 2.89. The van der Waals surface area contributed by atoms with Gasteiger partial charge in [-0.3, -0.25) is 4.99 Å². The lowest BCUT2D eigenvalue weighted by Gasteiger charge is -2.14. The molecule has 0 saturated heterocycles. The van der Waals surface area contributed by atoms with Crippen LogP contribution in [0.2, 0.25) is 0 Å². The summed E-state index contributed by atoms with van der Waals surface area (Å²) in [5.41, 5.74) is 0. The molecule has 0 bridgehead atoms. The average Bonchev–Trinajstić information content (AvgIpc) is 2.63. The van der Waals surface area contributed by atoms with Crippen LogP contribution in [0.25, 0.3) is 0 Å². The van der Waals surface area contributed by atoms with Crippen LogP contribution in [-0.2, 0) is 6.54 Å². The molecule has 0 aromatic carbocycles. The number of rotatable bonds is 2. The second kappa shape index (κ2) is 4.41. The maximum Gasteiger partial charge on any atom is 0.191 e. The Morgan fingerprint density at radius 2 is 2.57 bits per heavy atom. The van der Waals surface area contributed by atoms with Crippen molar-refractivity contribution < 1.29 is 0 Å². The molecule has 76 valence electrons. The van der Waals surface area contributed by atoms with Gasteiger partial charge in [0.25, 0.3) is 0 Å². The van der Waals surface area contributed by atoms with Crippen LogP contribution in [0.5, 0.6) is 0 Å². The Kier molecular flexibility index (Phi) is 2.98. The van der Waals surface area contributed by atoms with E-state index in [1.165, 1.54) is 4.88 Å². The molecule has 1 aliphatic heterocycles. The lowest BCUT2D eigenvalue weighted by atomic mass is 10.4. The van der Waals surface area contributed by atoms with E-state index in [1.54, 1.807) is 11.3 Å². The van der Waals surface area contributed by atoms with Crippen molar-refractivity contribution in [1.82, 2.24) is 15.6 Å². The fraction of sp³-hybridized carbons (Fsp3) is 0.556. The van der Waals surface area contributed by atoms with Crippen LogP contribution in [0.1, 0.15) is 16.3 Å². The van der Waals surface area contributed by atoms with E-state index in [4.69, 9.17) is 0 Å². The number of hydrogen-bond acceptors (Lipinski definition) is 5. The molecule has 0 amide bonds. The molecule has 0 unspecified atom stereocenters. The first-order valence-electron chi connectivity index (χ1n) is 4.78. The normalized spacial score (nSPS) is 15.9. The number of nitrogens with one attached hydrogen (secondary N) is 2. The van der Waals surface area contributed by atoms with Gasteiger partial charge in [-0.2, -0.15) is 0 Å². The molecule has 1 aromatic heterocycles. The van der Waals surface area contributed by atoms with Gasteiger partial charge >= 0.3 is 0 Å². The first-order chi connectivity index (χ1) is 6.84. The van der Waals surface area contributed by atoms with Gasteiger partial charge in [0, 0.05) is 24.2 Å². The maximum absolute atomic E-state index is 4.32. The monoisotopic (exact) mass is 210 g/mol. The largest absolute Gasteiger partial charge is 0.356 e. The Balaban J connectivity index is 1.84. The summed E-state index contributed by atoms with van der Waals surface area (Å²) >= 11 is 1.72. The number of nitrogens with zero attached hydrogens (tertiary/aromatic N) is 2. The van der Waals surface area contributed by atoms with Crippen molar-refractivity contribution in [3.63, 3.8) is 0 Å². The van der Waals surface area contributed by atoms with Gasteiger partial charge in [0.1, 0.15) is 5.01 Å². The van der Waals surface area contributed by atoms with Crippen LogP contribution in [0.4, 0.5) is 0 Å². The molecule has 0 spiro atoms. The van der Waals surface area contributed by atoms with Gasteiger partial charge in [0.2, 0.25) is 0 Å². The van der Waals surface area contributed by atoms with E-state index in [-0.39, 0.29) is 0 Å². The molecule has 2 heterocycles. The smallest absolute Gasteiger partial charge is 0.191 e. The molecule has 5 heteroatoms. The molecular weight excluding hydrogens is 196 g/mol. The standard InChI is InChI=1S/C9H14N4S/c1-7-5-12-8(14-7)6-13-9-10-3-2-4-11-9/h5H,2-4,6H2,1H3,(H2,10,11,13). The first kappa shape index (κ1) is 9.45. The van der Waals surface area contributed by atoms with E-state index in [0.29, 0.717) is 0 Å². The van der Waals surface area contributed by atoms with Crippen molar-refractivity contribution in [2.75, 3.05) is 13.1 Å². The zero-order chi connectivity index (χ0) is 9.80. The SMILES string of the molecule is Cc1cnc(CNC2=NCCCN2)s1. The number of aromatic nitrogens is 1. The molecule has 14 heavy (non-hydrogen) atoms. The summed E-state index contributed by atoms with van der Waals surface area (Å²) < 4.78 is 0. The summed E-state index contributed by atoms with van der Waals surface area (Å²) in [7, 11) is 0. The molecule has 0 fully saturated rings. The van der Waals surface area contributed by atoms with E-state index in [9.17, 15) is 0 Å². The Bertz CT molecular complexity index is 331. The maximum atomic E-state index is 4.32. The summed E-state index contributed by atoms with van der Waals surface area (Å²) in [6.45, 7) is 4.77. The third-order valence-electron chi connectivity index (χ3n) is 1.97. The zero-order valence-electron chi connectivity index (χ0n) is 8.21. The summed E-state index contributed by atoms with van der Waals surface area (Å²) in [5, 5.41) is 7.56. The lowest BCUT2D eigenvalue weighted by molar-refractivity contribution is 0.701. The van der Waals surface area contributed by atoms with Crippen molar-refractivity contribution in [3.05, 3.63) is 16.1 Å². The molecule has 0 saturated carbocycles. The van der Waals surface area contributed by atoms with E-state index >= 15 is 0 Å². The minimum Gasteiger partial charge on any atom is -0.356 e. The van der Waals surface area contributed by atoms with Crippen molar-refractivity contribution in [3.8, 4) is 0 Å². The molecule has 0 aliphatic carbocycles. The highest BCUT2D eigenvalue weighted by Crippen LogP contribution is 2.10. The van der Waals surface area contributed by atoms with Gasteiger partial charge < -0.3 is 10.6 Å². The first-order valence-corrected chi connectivity index (χ1v) is 5.60. The highest BCUT2D eigenvalue weighted by Gasteiger charge is 2.04. The van der Waals surface area contributed by atoms with Crippen LogP contribution < -0.4 is 10.6 Å². The summed E-state index contributed by atoms with van der Waals surface area (Å²) in [4.78, 5) is 9.85. The zero-order valence-corrected chi connectivity index (χ0v) is 9.02. The summed E-state index contributed by atoms with van der Waals surface area (Å²) in [6.07, 6.45) is 3.03. The van der Waals surface area contributed by atoms with E-state index in [0.717, 1.165) is 37.0 Å². The Morgan fingerprint density at radius 3 is 3.21 bits per heavy atom. The Morgan fingerprint density at radius 1 is 1.64 bits per heavy atom. The van der Waals surface area contributed by atoms with Crippen LogP contribution >= 0.6 is 11.3 Å². The molecule has 2 rings (SSSR count). The second-order valence-electron chi connectivity index (χ2n) is 3.23. The molecule has 1 aromatic rings. The van der Waals surface area contributed by atoms with Gasteiger partial charge in [-0.25, -0.2) is 4.98 Å². The van der Waals surface area contributed by atoms with E-state index in [2.05, 4.69) is 27.5 Å². The molecule has 0 atom stereocenters. The van der Waals surface area contributed by atoms with Crippen LogP contribution in [0.3, 0.4) is 0 Å². The second-order valence-corrected chi connectivity index (χ2v) is 4.55. The summed E-state index contributed by atoms with van der Waals surface area (Å²) in [5.74, 6) is 0.907. The van der Waals surface area contributed by atoms with Crippen LogP contribution in [-0.4, -0.2) is 24.0 Å². The number of hydrogen-bond donors (Lipinski definition) is 2. The Labute approximate surface area is 87.5 Å². The molecule has 1 aliphatic rings. The number of thiazole rings is 1. The van der Waals surface area contributed by atoms with Gasteiger partial charge in [-0.1, -0.05) is 0 Å². The summed E-state index contributed by atoms with van der Waals surface area (Å²) in [6, 6.07) is 0. The van der Waals surface area contributed by atoms with Crippen molar-refractivity contribution in [1.29, 1.82) is 0 Å². The topological polar surface area (TPSA) is 49.3 Å². The lowest BCUT2D eigenvalue weighted by Crippen LogP contribution is -2.40. The van der Waals surface area contributed by atoms with E-state index < -0.39 is 0 Å². The molecule has 2 N–H and O–H groups in total. The van der Waals surface area contributed by atoms with Crippen molar-refractivity contribution in [2.45, 2.75) is 19.9 Å². The molecule has 0 radical (unpaired) electrons. The highest BCUT2D eigenvalue weighted by atomic mass is 32.1. The minimum atomic E-state index is 0.768. The predicted molar refractivity (Wildman–Crippen MR) is 58.6 cm³/mol. The third kappa shape index (κ3) is 2.45. The average molecular weight is 210 g/mol. The quantitative estimate of drug-likeness (QED) is 0.762. The number of guanidine groups is 1. The van der Waals surface area contributed by atoms with Gasteiger partial charge in [0.05, 0.1) is 6.54 Å². The van der Waals surface area contributed by atoms with Crippen LogP contribution in [0, 0.1) is 6.92 Å². The van der Waals surface area contributed by atoms with Crippen molar-refractivity contribution in [2.24, 2.45) is 4.99 Å². The predicted octanol–water partition coefficient (Wildman–Crippen LogP) is 0.890. The highest BCUT2D eigenvalue weighted by molar-refractivity contribution is 7.11. The fourth-order valence-corrected chi connectivity index (χ4v) is 2.02. The van der Waals surface area contributed by atoms with Gasteiger partial charge in [0.15, 0.2) is 5.96 Å². The van der Waals surface area contributed by atoms with E-state index in [1.807, 2.05) is 6.20 Å². The van der Waals surface area contributed by atoms with Crippen LogP contribution in [0.15, 0.2) is 11.2 Å². The number of aryl methyl sites for hydroxylation is 1. The van der Waals surface area contributed by atoms with Crippen molar-refractivity contribution >= 4 is 17.3 Å². The molecular formula is C9H14N4S. The minimum absolute atomic E-state index is 0.768. The number of aliphatic imine (C=N–C) groups is 1. The fourth-order valence-electron chi connectivity index (χ4n) is 1.29. The molecule has 4 nitrogen and oxygen atoms in total. The van der Waals surface area contributed by atoms with Gasteiger partial charge in [-0.05, 0) is 13.3 Å². The van der Waals surface area contributed by atoms with Gasteiger partial charge in [-0.15, -0.1) is 11.3 Å².